The predicted octanol–water partition coefficient (Wildman–Crippen LogP) is 1.27. The van der Waals surface area contributed by atoms with Crippen LogP contribution in [0.3, 0.4) is 0 Å². The van der Waals surface area contributed by atoms with Crippen LogP contribution in [0.4, 0.5) is 0 Å². The summed E-state index contributed by atoms with van der Waals surface area (Å²) in [6.07, 6.45) is 2.91. The Labute approximate surface area is 165 Å². The van der Waals surface area contributed by atoms with Gasteiger partial charge in [-0.15, -0.1) is 0 Å². The van der Waals surface area contributed by atoms with Gasteiger partial charge in [-0.1, -0.05) is 0 Å². The molecular weight excluding hydrogens is 384 g/mol. The highest BCUT2D eigenvalue weighted by atomic mass is 32.2. The Balaban J connectivity index is 1.58. The van der Waals surface area contributed by atoms with Gasteiger partial charge in [0.2, 0.25) is 15.9 Å². The Hall–Kier alpha value is -1.97. The van der Waals surface area contributed by atoms with Gasteiger partial charge in [-0.05, 0) is 43.5 Å². The van der Waals surface area contributed by atoms with Crippen LogP contribution >= 0.6 is 0 Å². The van der Waals surface area contributed by atoms with Crippen molar-refractivity contribution in [2.24, 2.45) is 0 Å². The number of nitrogens with zero attached hydrogens (tertiary/aromatic N) is 2. The molecule has 0 radical (unpaired) electrons. The smallest absolute Gasteiger partial charge is 0.338 e. The van der Waals surface area contributed by atoms with Crippen LogP contribution < -0.4 is 0 Å². The molecule has 2 fully saturated rings. The molecule has 0 bridgehead atoms. The van der Waals surface area contributed by atoms with Crippen molar-refractivity contribution >= 4 is 21.9 Å². The van der Waals surface area contributed by atoms with Gasteiger partial charge in [0.15, 0.2) is 0 Å². The molecule has 2 saturated heterocycles. The van der Waals surface area contributed by atoms with Gasteiger partial charge in [0.05, 0.1) is 16.6 Å². The van der Waals surface area contributed by atoms with Crippen molar-refractivity contribution in [1.82, 2.24) is 9.21 Å². The lowest BCUT2D eigenvalue weighted by Crippen LogP contribution is -2.49. The Bertz CT molecular complexity index is 794. The molecule has 0 saturated carbocycles. The molecule has 9 heteroatoms. The zero-order valence-electron chi connectivity index (χ0n) is 16.0. The molecule has 2 heterocycles. The lowest BCUT2D eigenvalue weighted by molar-refractivity contribution is -0.129. The molecular formula is C19H26N2O6S. The van der Waals surface area contributed by atoms with Crippen molar-refractivity contribution in [1.29, 1.82) is 0 Å². The molecule has 8 nitrogen and oxygen atoms in total. The van der Waals surface area contributed by atoms with E-state index in [9.17, 15) is 18.0 Å². The van der Waals surface area contributed by atoms with Gasteiger partial charge >= 0.3 is 5.97 Å². The fraction of sp³-hybridized carbons (Fsp3) is 0.579. The van der Waals surface area contributed by atoms with Crippen LogP contribution in [0.2, 0.25) is 0 Å². The largest absolute Gasteiger partial charge is 0.459 e. The normalized spacial score (nSPS) is 21.3. The van der Waals surface area contributed by atoms with Crippen LogP contribution in [-0.2, 0) is 24.3 Å². The van der Waals surface area contributed by atoms with Crippen LogP contribution in [0, 0.1) is 0 Å². The highest BCUT2D eigenvalue weighted by molar-refractivity contribution is 7.89. The van der Waals surface area contributed by atoms with E-state index in [0.717, 1.165) is 19.3 Å². The van der Waals surface area contributed by atoms with Crippen molar-refractivity contribution in [2.45, 2.75) is 37.2 Å². The maximum atomic E-state index is 12.8. The number of carbonyl (C=O) groups is 2. The van der Waals surface area contributed by atoms with Crippen molar-refractivity contribution in [2.75, 3.05) is 39.4 Å². The van der Waals surface area contributed by atoms with Crippen LogP contribution in [0.15, 0.2) is 29.2 Å². The van der Waals surface area contributed by atoms with Crippen LogP contribution in [-0.4, -0.2) is 75.0 Å². The Kier molecular flexibility index (Phi) is 6.69. The third kappa shape index (κ3) is 4.89. The van der Waals surface area contributed by atoms with Gasteiger partial charge in [-0.2, -0.15) is 4.31 Å². The van der Waals surface area contributed by atoms with Gasteiger partial charge in [-0.3, -0.25) is 4.79 Å². The first-order valence-corrected chi connectivity index (χ1v) is 11.0. The Morgan fingerprint density at radius 2 is 1.79 bits per heavy atom. The van der Waals surface area contributed by atoms with E-state index < -0.39 is 16.0 Å². The minimum atomic E-state index is -3.66. The van der Waals surface area contributed by atoms with E-state index in [0.29, 0.717) is 25.3 Å². The van der Waals surface area contributed by atoms with Gasteiger partial charge < -0.3 is 14.4 Å². The SMILES string of the molecule is CC(=O)N1CCN(S(=O)(=O)c2ccc(C(=O)OCC3CCCCO3)cc2)CC1. The average molecular weight is 410 g/mol. The number of carbonyl (C=O) groups excluding carboxylic acids is 2. The number of amides is 1. The highest BCUT2D eigenvalue weighted by Crippen LogP contribution is 2.19. The molecule has 1 aromatic carbocycles. The van der Waals surface area contributed by atoms with Gasteiger partial charge in [0, 0.05) is 39.7 Å². The number of rotatable bonds is 5. The van der Waals surface area contributed by atoms with Crippen LogP contribution in [0.25, 0.3) is 0 Å². The summed E-state index contributed by atoms with van der Waals surface area (Å²) in [4.78, 5) is 25.3. The Morgan fingerprint density at radius 1 is 1.11 bits per heavy atom. The summed E-state index contributed by atoms with van der Waals surface area (Å²) in [6.45, 7) is 3.64. The fourth-order valence-electron chi connectivity index (χ4n) is 3.35. The number of ether oxygens (including phenoxy) is 2. The van der Waals surface area contributed by atoms with E-state index in [-0.39, 0.29) is 36.6 Å². The summed E-state index contributed by atoms with van der Waals surface area (Å²) in [5.41, 5.74) is 0.302. The second-order valence-corrected chi connectivity index (χ2v) is 8.96. The molecule has 3 rings (SSSR count). The van der Waals surface area contributed by atoms with Gasteiger partial charge in [-0.25, -0.2) is 13.2 Å². The molecule has 28 heavy (non-hydrogen) atoms. The first kappa shape index (κ1) is 20.8. The minimum Gasteiger partial charge on any atom is -0.459 e. The second kappa shape index (κ2) is 9.02. The van der Waals surface area contributed by atoms with Gasteiger partial charge in [0.1, 0.15) is 6.61 Å². The lowest BCUT2D eigenvalue weighted by Gasteiger charge is -2.33. The molecule has 2 aliphatic heterocycles. The van der Waals surface area contributed by atoms with E-state index in [1.54, 1.807) is 4.90 Å². The molecule has 1 unspecified atom stereocenters. The number of piperazine rings is 1. The quantitative estimate of drug-likeness (QED) is 0.679. The maximum absolute atomic E-state index is 12.8. The summed E-state index contributed by atoms with van der Waals surface area (Å²) < 4.78 is 37.7. The van der Waals surface area contributed by atoms with E-state index in [4.69, 9.17) is 9.47 Å². The third-order valence-electron chi connectivity index (χ3n) is 5.09. The van der Waals surface area contributed by atoms with Crippen molar-refractivity contribution < 1.29 is 27.5 Å². The number of benzene rings is 1. The van der Waals surface area contributed by atoms with Gasteiger partial charge in [0.25, 0.3) is 0 Å². The molecule has 2 aliphatic rings. The lowest BCUT2D eigenvalue weighted by atomic mass is 10.1. The summed E-state index contributed by atoms with van der Waals surface area (Å²) >= 11 is 0. The van der Waals surface area contributed by atoms with Crippen molar-refractivity contribution in [3.63, 3.8) is 0 Å². The molecule has 0 aromatic heterocycles. The third-order valence-corrected chi connectivity index (χ3v) is 7.00. The minimum absolute atomic E-state index is 0.0569. The first-order valence-electron chi connectivity index (χ1n) is 9.52. The van der Waals surface area contributed by atoms with Crippen molar-refractivity contribution in [3.05, 3.63) is 29.8 Å². The topological polar surface area (TPSA) is 93.2 Å². The summed E-state index contributed by atoms with van der Waals surface area (Å²) in [5.74, 6) is -0.549. The van der Waals surface area contributed by atoms with Crippen LogP contribution in [0.5, 0.6) is 0 Å². The summed E-state index contributed by atoms with van der Waals surface area (Å²) in [5, 5.41) is 0. The zero-order valence-corrected chi connectivity index (χ0v) is 16.8. The molecule has 0 spiro atoms. The Morgan fingerprint density at radius 3 is 2.36 bits per heavy atom. The second-order valence-electron chi connectivity index (χ2n) is 7.02. The molecule has 0 N–H and O–H groups in total. The van der Waals surface area contributed by atoms with Crippen LogP contribution in [0.1, 0.15) is 36.5 Å². The molecule has 1 aromatic rings. The standard InChI is InChI=1S/C19H26N2O6S/c1-15(22)20-9-11-21(12-10-20)28(24,25)18-7-5-16(6-8-18)19(23)27-14-17-4-2-3-13-26-17/h5-8,17H,2-4,9-14H2,1H3. The van der Waals surface area contributed by atoms with E-state index in [2.05, 4.69) is 0 Å². The molecule has 0 aliphatic carbocycles. The maximum Gasteiger partial charge on any atom is 0.338 e. The summed E-state index contributed by atoms with van der Waals surface area (Å²) in [7, 11) is -3.66. The average Bonchev–Trinajstić information content (AvgIpc) is 2.73. The zero-order chi connectivity index (χ0) is 20.1. The number of hydrogen-bond donors (Lipinski definition) is 0. The number of esters is 1. The van der Waals surface area contributed by atoms with Crippen molar-refractivity contribution in [3.8, 4) is 0 Å². The van der Waals surface area contributed by atoms with E-state index >= 15 is 0 Å². The highest BCUT2D eigenvalue weighted by Gasteiger charge is 2.29. The monoisotopic (exact) mass is 410 g/mol. The van der Waals surface area contributed by atoms with E-state index in [1.807, 2.05) is 0 Å². The molecule has 154 valence electrons. The predicted molar refractivity (Wildman–Crippen MR) is 101 cm³/mol. The first-order chi connectivity index (χ1) is 13.4. The number of hydrogen-bond acceptors (Lipinski definition) is 6. The fourth-order valence-corrected chi connectivity index (χ4v) is 4.77. The number of sulfonamides is 1. The summed E-state index contributed by atoms with van der Waals surface area (Å²) in [6, 6.07) is 5.76. The van der Waals surface area contributed by atoms with E-state index in [1.165, 1.54) is 35.5 Å². The molecule has 1 amide bonds. The molecule has 1 atom stereocenters.